The molecule has 0 saturated carbocycles. The Morgan fingerprint density at radius 2 is 2.04 bits per heavy atom. The van der Waals surface area contributed by atoms with Crippen LogP contribution in [0.5, 0.6) is 0 Å². The van der Waals surface area contributed by atoms with Gasteiger partial charge in [0.2, 0.25) is 0 Å². The van der Waals surface area contributed by atoms with Gasteiger partial charge < -0.3 is 9.64 Å². The summed E-state index contributed by atoms with van der Waals surface area (Å²) in [5.74, 6) is -0.325. The molecular formula is C19H21FN2O2S. The van der Waals surface area contributed by atoms with Crippen LogP contribution >= 0.6 is 11.3 Å². The average molecular weight is 360 g/mol. The van der Waals surface area contributed by atoms with E-state index in [1.54, 1.807) is 6.07 Å². The monoisotopic (exact) mass is 360 g/mol. The predicted octanol–water partition coefficient (Wildman–Crippen LogP) is 4.73. The van der Waals surface area contributed by atoms with E-state index in [9.17, 15) is 9.18 Å². The molecule has 2 atom stereocenters. The lowest BCUT2D eigenvalue weighted by Gasteiger charge is -2.35. The van der Waals surface area contributed by atoms with E-state index in [0.29, 0.717) is 23.3 Å². The minimum absolute atomic E-state index is 0.0423. The minimum atomic E-state index is -0.460. The van der Waals surface area contributed by atoms with Gasteiger partial charge in [0.15, 0.2) is 0 Å². The van der Waals surface area contributed by atoms with Gasteiger partial charge in [-0.15, -0.1) is 11.3 Å². The minimum Gasteiger partial charge on any atom is -0.446 e. The maximum atomic E-state index is 13.6. The van der Waals surface area contributed by atoms with Crippen LogP contribution in [0.1, 0.15) is 25.7 Å². The van der Waals surface area contributed by atoms with Crippen molar-refractivity contribution in [2.75, 3.05) is 12.4 Å². The van der Waals surface area contributed by atoms with Crippen LogP contribution in [0.25, 0.3) is 10.4 Å². The molecule has 2 aliphatic heterocycles. The number of fused-ring (bicyclic) bond motifs is 2. The number of carbonyl (C=O) groups excluding carboxylic acids is 1. The number of nitrogens with one attached hydrogen (secondary N) is 1. The Kier molecular flexibility index (Phi) is 4.48. The van der Waals surface area contributed by atoms with Crippen molar-refractivity contribution in [1.82, 2.24) is 4.90 Å². The summed E-state index contributed by atoms with van der Waals surface area (Å²) in [4.78, 5) is 15.7. The molecule has 2 aromatic rings. The molecule has 0 spiro atoms. The van der Waals surface area contributed by atoms with Crippen LogP contribution < -0.4 is 5.32 Å². The molecule has 1 aromatic carbocycles. The van der Waals surface area contributed by atoms with Gasteiger partial charge >= 0.3 is 6.09 Å². The zero-order valence-corrected chi connectivity index (χ0v) is 14.9. The Hall–Kier alpha value is -1.92. The third-order valence-electron chi connectivity index (χ3n) is 5.33. The number of anilines is 1. The zero-order chi connectivity index (χ0) is 17.4. The molecule has 132 valence electrons. The van der Waals surface area contributed by atoms with E-state index in [2.05, 4.69) is 17.3 Å². The Morgan fingerprint density at radius 1 is 1.28 bits per heavy atom. The van der Waals surface area contributed by atoms with Gasteiger partial charge in [0, 0.05) is 35.4 Å². The highest BCUT2D eigenvalue weighted by atomic mass is 32.1. The summed E-state index contributed by atoms with van der Waals surface area (Å²) in [6.45, 7) is 0. The van der Waals surface area contributed by atoms with E-state index >= 15 is 0 Å². The molecule has 0 aliphatic carbocycles. The van der Waals surface area contributed by atoms with Crippen LogP contribution in [0.2, 0.25) is 0 Å². The predicted molar refractivity (Wildman–Crippen MR) is 97.4 cm³/mol. The van der Waals surface area contributed by atoms with Crippen molar-refractivity contribution >= 4 is 23.1 Å². The summed E-state index contributed by atoms with van der Waals surface area (Å²) < 4.78 is 19.3. The third kappa shape index (κ3) is 3.41. The third-order valence-corrected chi connectivity index (χ3v) is 6.24. The number of hydrogen-bond donors (Lipinski definition) is 1. The largest absolute Gasteiger partial charge is 0.446 e. The number of benzene rings is 1. The first-order valence-electron chi connectivity index (χ1n) is 8.63. The van der Waals surface area contributed by atoms with Crippen molar-refractivity contribution in [3.05, 3.63) is 41.5 Å². The van der Waals surface area contributed by atoms with Crippen molar-refractivity contribution in [2.45, 2.75) is 43.9 Å². The molecule has 4 rings (SSSR count). The summed E-state index contributed by atoms with van der Waals surface area (Å²) in [6.07, 6.45) is 3.65. The zero-order valence-electron chi connectivity index (χ0n) is 14.1. The maximum absolute atomic E-state index is 13.6. The molecule has 2 saturated heterocycles. The summed E-state index contributed by atoms with van der Waals surface area (Å²) in [5, 5.41) is 4.73. The average Bonchev–Trinajstić information content (AvgIpc) is 3.16. The quantitative estimate of drug-likeness (QED) is 0.860. The van der Waals surface area contributed by atoms with Crippen molar-refractivity contribution < 1.29 is 13.9 Å². The van der Waals surface area contributed by atoms with E-state index in [0.717, 1.165) is 17.7 Å². The van der Waals surface area contributed by atoms with Crippen LogP contribution in [-0.2, 0) is 4.74 Å². The fourth-order valence-corrected chi connectivity index (χ4v) is 4.77. The summed E-state index contributed by atoms with van der Waals surface area (Å²) in [6, 6.07) is 9.23. The highest BCUT2D eigenvalue weighted by Crippen LogP contribution is 2.36. The summed E-state index contributed by atoms with van der Waals surface area (Å²) in [5.41, 5.74) is 1.25. The number of nitrogens with zero attached hydrogens (tertiary/aromatic N) is 1. The molecule has 1 aromatic heterocycles. The van der Waals surface area contributed by atoms with Crippen molar-refractivity contribution in [3.8, 4) is 10.4 Å². The molecule has 1 amide bonds. The highest BCUT2D eigenvalue weighted by molar-refractivity contribution is 7.13. The van der Waals surface area contributed by atoms with Gasteiger partial charge in [0.25, 0.3) is 0 Å². The van der Waals surface area contributed by atoms with Crippen molar-refractivity contribution in [2.24, 2.45) is 0 Å². The Balaban J connectivity index is 1.45. The van der Waals surface area contributed by atoms with E-state index in [1.807, 2.05) is 17.5 Å². The number of carbonyl (C=O) groups is 1. The normalized spacial score (nSPS) is 25.8. The van der Waals surface area contributed by atoms with Gasteiger partial charge in [-0.3, -0.25) is 5.32 Å². The van der Waals surface area contributed by atoms with E-state index in [4.69, 9.17) is 4.74 Å². The SMILES string of the molecule is CN1[C@@H]2CC[C@@H]1CC(OC(=O)Nc1ccc(F)cc1-c1cccs1)C2. The molecule has 6 heteroatoms. The molecule has 1 N–H and O–H groups in total. The Labute approximate surface area is 150 Å². The molecule has 2 aliphatic rings. The molecule has 2 bridgehead atoms. The first-order valence-corrected chi connectivity index (χ1v) is 9.51. The molecule has 3 heterocycles. The number of hydrogen-bond acceptors (Lipinski definition) is 4. The smallest absolute Gasteiger partial charge is 0.411 e. The van der Waals surface area contributed by atoms with E-state index in [1.165, 1.54) is 36.3 Å². The van der Waals surface area contributed by atoms with Gasteiger partial charge in [-0.25, -0.2) is 9.18 Å². The van der Waals surface area contributed by atoms with Crippen molar-refractivity contribution in [3.63, 3.8) is 0 Å². The number of ether oxygens (including phenoxy) is 1. The highest BCUT2D eigenvalue weighted by Gasteiger charge is 2.39. The molecule has 0 radical (unpaired) electrons. The molecule has 0 unspecified atom stereocenters. The molecular weight excluding hydrogens is 339 g/mol. The number of halogens is 1. The van der Waals surface area contributed by atoms with Gasteiger partial charge in [-0.1, -0.05) is 6.07 Å². The van der Waals surface area contributed by atoms with Crippen LogP contribution in [0.4, 0.5) is 14.9 Å². The van der Waals surface area contributed by atoms with Crippen LogP contribution in [0.15, 0.2) is 35.7 Å². The summed E-state index contributed by atoms with van der Waals surface area (Å²) >= 11 is 1.51. The fourth-order valence-electron chi connectivity index (χ4n) is 4.01. The van der Waals surface area contributed by atoms with E-state index < -0.39 is 6.09 Å². The number of piperidine rings is 1. The van der Waals surface area contributed by atoms with Gasteiger partial charge in [0.05, 0.1) is 5.69 Å². The first kappa shape index (κ1) is 16.5. The first-order chi connectivity index (χ1) is 12.1. The van der Waals surface area contributed by atoms with Crippen LogP contribution in [0, 0.1) is 5.82 Å². The number of amides is 1. The van der Waals surface area contributed by atoms with Crippen LogP contribution in [0.3, 0.4) is 0 Å². The maximum Gasteiger partial charge on any atom is 0.411 e. The van der Waals surface area contributed by atoms with Gasteiger partial charge in [-0.2, -0.15) is 0 Å². The Morgan fingerprint density at radius 3 is 2.72 bits per heavy atom. The number of rotatable bonds is 3. The van der Waals surface area contributed by atoms with Crippen molar-refractivity contribution in [1.29, 1.82) is 0 Å². The molecule has 25 heavy (non-hydrogen) atoms. The molecule has 4 nitrogen and oxygen atoms in total. The van der Waals surface area contributed by atoms with Crippen LogP contribution in [-0.4, -0.2) is 36.2 Å². The Bertz CT molecular complexity index is 751. The fraction of sp³-hybridized carbons (Fsp3) is 0.421. The standard InChI is InChI=1S/C19H21FN2O2S/c1-22-13-5-6-14(22)11-15(10-13)24-19(23)21-17-7-4-12(20)9-16(17)18-3-2-8-25-18/h2-4,7-9,13-15H,5-6,10-11H2,1H3,(H,21,23)/t13-,14-/m1/s1. The second kappa shape index (κ2) is 6.77. The topological polar surface area (TPSA) is 41.6 Å². The second-order valence-corrected chi connectivity index (χ2v) is 7.79. The lowest BCUT2D eigenvalue weighted by Crippen LogP contribution is -2.43. The van der Waals surface area contributed by atoms with E-state index in [-0.39, 0.29) is 11.9 Å². The lowest BCUT2D eigenvalue weighted by atomic mass is 10.0. The molecule has 2 fully saturated rings. The second-order valence-electron chi connectivity index (χ2n) is 6.84. The summed E-state index contributed by atoms with van der Waals surface area (Å²) in [7, 11) is 2.16. The lowest BCUT2D eigenvalue weighted by molar-refractivity contribution is 0.0348. The van der Waals surface area contributed by atoms with Gasteiger partial charge in [-0.05, 0) is 49.5 Å². The van der Waals surface area contributed by atoms with Gasteiger partial charge in [0.1, 0.15) is 11.9 Å². The number of thiophene rings is 1.